The van der Waals surface area contributed by atoms with Crippen LogP contribution in [0.2, 0.25) is 0 Å². The summed E-state index contributed by atoms with van der Waals surface area (Å²) >= 11 is 0. The minimum absolute atomic E-state index is 0.0107. The zero-order chi connectivity index (χ0) is 16.4. The van der Waals surface area contributed by atoms with Gasteiger partial charge >= 0.3 is 0 Å². The maximum absolute atomic E-state index is 9.16. The van der Waals surface area contributed by atoms with Crippen LogP contribution in [-0.2, 0) is 0 Å². The van der Waals surface area contributed by atoms with Gasteiger partial charge in [-0.15, -0.1) is 0 Å². The third-order valence-corrected chi connectivity index (χ3v) is 3.79. The predicted molar refractivity (Wildman–Crippen MR) is 89.5 cm³/mol. The summed E-state index contributed by atoms with van der Waals surface area (Å²) < 4.78 is 11.4. The lowest BCUT2D eigenvalue weighted by Gasteiger charge is -2.28. The van der Waals surface area contributed by atoms with E-state index in [2.05, 4.69) is 6.92 Å². The number of benzene rings is 1. The van der Waals surface area contributed by atoms with E-state index in [-0.39, 0.29) is 12.6 Å². The second-order valence-corrected chi connectivity index (χ2v) is 5.39. The van der Waals surface area contributed by atoms with Gasteiger partial charge in [0.05, 0.1) is 26.4 Å². The minimum atomic E-state index is -0.0107. The molecule has 22 heavy (non-hydrogen) atoms. The maximum Gasteiger partial charge on any atom is 0.165 e. The summed E-state index contributed by atoms with van der Waals surface area (Å²) in [7, 11) is 3.60. The van der Waals surface area contributed by atoms with E-state index in [1.165, 1.54) is 0 Å². The molecular formula is C17H30N2O3. The van der Waals surface area contributed by atoms with Gasteiger partial charge in [-0.25, -0.2) is 0 Å². The van der Waals surface area contributed by atoms with Crippen LogP contribution in [0.15, 0.2) is 18.2 Å². The van der Waals surface area contributed by atoms with E-state index in [0.717, 1.165) is 36.3 Å². The normalized spacial score (nSPS) is 12.5. The summed E-state index contributed by atoms with van der Waals surface area (Å²) in [5.41, 5.74) is 6.96. The first-order valence-electron chi connectivity index (χ1n) is 8.00. The van der Waals surface area contributed by atoms with Gasteiger partial charge in [0.25, 0.3) is 0 Å². The van der Waals surface area contributed by atoms with E-state index in [4.69, 9.17) is 20.3 Å². The molecule has 0 heterocycles. The molecule has 0 aliphatic carbocycles. The Morgan fingerprint density at radius 2 is 2.09 bits per heavy atom. The van der Waals surface area contributed by atoms with Crippen LogP contribution < -0.4 is 15.2 Å². The Labute approximate surface area is 134 Å². The van der Waals surface area contributed by atoms with E-state index < -0.39 is 0 Å². The van der Waals surface area contributed by atoms with Crippen LogP contribution in [0.3, 0.4) is 0 Å². The third kappa shape index (κ3) is 5.16. The number of ether oxygens (including phenoxy) is 2. The van der Waals surface area contributed by atoms with Crippen molar-refractivity contribution in [1.29, 1.82) is 0 Å². The molecule has 0 spiro atoms. The first-order chi connectivity index (χ1) is 10.7. The Morgan fingerprint density at radius 1 is 1.32 bits per heavy atom. The molecule has 5 nitrogen and oxygen atoms in total. The van der Waals surface area contributed by atoms with Gasteiger partial charge < -0.3 is 20.3 Å². The standard InChI is InChI=1S/C17H30N2O3/c1-4-5-6-12-22-17-14(8-7-9-16(17)21-3)15(13-18)19(2)10-11-20/h7-9,15,20H,4-6,10-13,18H2,1-3H3. The topological polar surface area (TPSA) is 68.0 Å². The van der Waals surface area contributed by atoms with Crippen LogP contribution in [0, 0.1) is 0 Å². The lowest BCUT2D eigenvalue weighted by atomic mass is 10.0. The molecule has 1 atom stereocenters. The minimum Gasteiger partial charge on any atom is -0.493 e. The van der Waals surface area contributed by atoms with Gasteiger partial charge in [-0.1, -0.05) is 31.9 Å². The van der Waals surface area contributed by atoms with Crippen molar-refractivity contribution in [3.05, 3.63) is 23.8 Å². The summed E-state index contributed by atoms with van der Waals surface area (Å²) in [6.07, 6.45) is 3.33. The van der Waals surface area contributed by atoms with Gasteiger partial charge in [-0.3, -0.25) is 4.90 Å². The Bertz CT molecular complexity index is 426. The smallest absolute Gasteiger partial charge is 0.165 e. The number of unbranched alkanes of at least 4 members (excludes halogenated alkanes) is 2. The van der Waals surface area contributed by atoms with Crippen molar-refractivity contribution < 1.29 is 14.6 Å². The largest absolute Gasteiger partial charge is 0.493 e. The average molecular weight is 310 g/mol. The highest BCUT2D eigenvalue weighted by Gasteiger charge is 2.21. The van der Waals surface area contributed by atoms with Crippen LogP contribution in [0.4, 0.5) is 0 Å². The number of aliphatic hydroxyl groups excluding tert-OH is 1. The molecule has 0 amide bonds. The zero-order valence-electron chi connectivity index (χ0n) is 14.0. The Kier molecular flexibility index (Phi) is 8.89. The second kappa shape index (κ2) is 10.4. The van der Waals surface area contributed by atoms with Gasteiger partial charge in [-0.2, -0.15) is 0 Å². The van der Waals surface area contributed by atoms with Crippen molar-refractivity contribution in [2.75, 3.05) is 40.5 Å². The summed E-state index contributed by atoms with van der Waals surface area (Å²) in [5.74, 6) is 1.49. The molecule has 0 saturated carbocycles. The van der Waals surface area contributed by atoms with Gasteiger partial charge in [0.15, 0.2) is 11.5 Å². The summed E-state index contributed by atoms with van der Waals surface area (Å²) in [4.78, 5) is 2.04. The van der Waals surface area contributed by atoms with Crippen LogP contribution in [0.25, 0.3) is 0 Å². The Hall–Kier alpha value is -1.30. The summed E-state index contributed by atoms with van der Waals surface area (Å²) in [6.45, 7) is 3.96. The Balaban J connectivity index is 2.99. The summed E-state index contributed by atoms with van der Waals surface area (Å²) in [6, 6.07) is 5.85. The molecule has 0 bridgehead atoms. The van der Waals surface area contributed by atoms with Crippen molar-refractivity contribution in [3.63, 3.8) is 0 Å². The molecule has 1 rings (SSSR count). The number of hydrogen-bond acceptors (Lipinski definition) is 5. The fraction of sp³-hybridized carbons (Fsp3) is 0.647. The predicted octanol–water partition coefficient (Wildman–Crippen LogP) is 2.19. The highest BCUT2D eigenvalue weighted by molar-refractivity contribution is 5.48. The lowest BCUT2D eigenvalue weighted by molar-refractivity contribution is 0.179. The molecule has 126 valence electrons. The van der Waals surface area contributed by atoms with Gasteiger partial charge in [0.1, 0.15) is 0 Å². The average Bonchev–Trinajstić information content (AvgIpc) is 2.53. The molecule has 3 N–H and O–H groups in total. The number of aliphatic hydroxyl groups is 1. The monoisotopic (exact) mass is 310 g/mol. The summed E-state index contributed by atoms with van der Waals surface area (Å²) in [5, 5.41) is 9.16. The Morgan fingerprint density at radius 3 is 2.68 bits per heavy atom. The van der Waals surface area contributed by atoms with Crippen LogP contribution in [0.1, 0.15) is 37.8 Å². The van der Waals surface area contributed by atoms with Crippen molar-refractivity contribution in [2.24, 2.45) is 5.73 Å². The molecule has 0 aliphatic rings. The number of methoxy groups -OCH3 is 1. The van der Waals surface area contributed by atoms with Crippen LogP contribution in [-0.4, -0.2) is 50.5 Å². The van der Waals surface area contributed by atoms with Crippen molar-refractivity contribution in [3.8, 4) is 11.5 Å². The van der Waals surface area contributed by atoms with E-state index >= 15 is 0 Å². The van der Waals surface area contributed by atoms with E-state index in [1.807, 2.05) is 30.1 Å². The lowest BCUT2D eigenvalue weighted by Crippen LogP contribution is -2.33. The maximum atomic E-state index is 9.16. The van der Waals surface area contributed by atoms with Gasteiger partial charge in [0, 0.05) is 18.7 Å². The quantitative estimate of drug-likeness (QED) is 0.613. The van der Waals surface area contributed by atoms with Crippen molar-refractivity contribution in [1.82, 2.24) is 4.90 Å². The molecular weight excluding hydrogens is 280 g/mol. The second-order valence-electron chi connectivity index (χ2n) is 5.39. The molecule has 5 heteroatoms. The van der Waals surface area contributed by atoms with E-state index in [1.54, 1.807) is 7.11 Å². The number of nitrogens with two attached hydrogens (primary N) is 1. The highest BCUT2D eigenvalue weighted by atomic mass is 16.5. The van der Waals surface area contributed by atoms with Crippen molar-refractivity contribution in [2.45, 2.75) is 32.2 Å². The number of para-hydroxylation sites is 1. The number of rotatable bonds is 11. The number of hydrogen-bond donors (Lipinski definition) is 2. The van der Waals surface area contributed by atoms with Crippen LogP contribution in [0.5, 0.6) is 11.5 Å². The fourth-order valence-corrected chi connectivity index (χ4v) is 2.49. The van der Waals surface area contributed by atoms with E-state index in [0.29, 0.717) is 19.7 Å². The number of likely N-dealkylation sites (N-methyl/N-ethyl adjacent to an activating group) is 1. The number of nitrogens with zero attached hydrogens (tertiary/aromatic N) is 1. The van der Waals surface area contributed by atoms with Crippen LogP contribution >= 0.6 is 0 Å². The third-order valence-electron chi connectivity index (χ3n) is 3.79. The first-order valence-corrected chi connectivity index (χ1v) is 8.00. The molecule has 0 aromatic heterocycles. The SMILES string of the molecule is CCCCCOc1c(OC)cccc1C(CN)N(C)CCO. The zero-order valence-corrected chi connectivity index (χ0v) is 14.0. The first kappa shape index (κ1) is 18.7. The van der Waals surface area contributed by atoms with Gasteiger partial charge in [0.2, 0.25) is 0 Å². The molecule has 1 aromatic carbocycles. The van der Waals surface area contributed by atoms with E-state index in [9.17, 15) is 0 Å². The van der Waals surface area contributed by atoms with Gasteiger partial charge in [-0.05, 0) is 19.5 Å². The fourth-order valence-electron chi connectivity index (χ4n) is 2.49. The molecule has 0 radical (unpaired) electrons. The molecule has 1 unspecified atom stereocenters. The molecule has 1 aromatic rings. The highest BCUT2D eigenvalue weighted by Crippen LogP contribution is 2.36. The molecule has 0 saturated heterocycles. The molecule has 0 fully saturated rings. The molecule has 0 aliphatic heterocycles. The van der Waals surface area contributed by atoms with Crippen molar-refractivity contribution >= 4 is 0 Å².